The number of urea groups is 1. The van der Waals surface area contributed by atoms with Crippen molar-refractivity contribution in [3.63, 3.8) is 0 Å². The van der Waals surface area contributed by atoms with Gasteiger partial charge >= 0.3 is 6.03 Å². The lowest BCUT2D eigenvalue weighted by atomic mass is 9.91. The van der Waals surface area contributed by atoms with E-state index in [4.69, 9.17) is 9.47 Å². The van der Waals surface area contributed by atoms with E-state index >= 15 is 0 Å². The van der Waals surface area contributed by atoms with Crippen LogP contribution in [0.5, 0.6) is 11.5 Å². The van der Waals surface area contributed by atoms with Gasteiger partial charge in [-0.15, -0.1) is 0 Å². The van der Waals surface area contributed by atoms with Crippen molar-refractivity contribution in [1.82, 2.24) is 15.5 Å². The fraction of sp³-hybridized carbons (Fsp3) is 0.318. The Morgan fingerprint density at radius 2 is 1.73 bits per heavy atom. The average molecular weight is 411 g/mol. The van der Waals surface area contributed by atoms with E-state index in [1.165, 1.54) is 7.11 Å². The van der Waals surface area contributed by atoms with Crippen molar-refractivity contribution in [2.45, 2.75) is 25.9 Å². The molecule has 8 nitrogen and oxygen atoms in total. The van der Waals surface area contributed by atoms with Crippen LogP contribution in [-0.4, -0.2) is 43.5 Å². The molecule has 0 bridgehead atoms. The first kappa shape index (κ1) is 21.2. The van der Waals surface area contributed by atoms with Gasteiger partial charge in [-0.3, -0.25) is 14.5 Å². The molecule has 8 heteroatoms. The number of benzene rings is 2. The molecule has 4 amide bonds. The molecule has 2 aromatic rings. The van der Waals surface area contributed by atoms with Gasteiger partial charge in [0.15, 0.2) is 11.5 Å². The summed E-state index contributed by atoms with van der Waals surface area (Å²) in [6, 6.07) is 12.0. The maximum absolute atomic E-state index is 12.9. The van der Waals surface area contributed by atoms with Crippen LogP contribution in [0, 0.1) is 6.92 Å². The third-order valence-electron chi connectivity index (χ3n) is 5.14. The first-order valence-corrected chi connectivity index (χ1v) is 9.47. The highest BCUT2D eigenvalue weighted by molar-refractivity contribution is 6.09. The Hall–Kier alpha value is -3.55. The van der Waals surface area contributed by atoms with Crippen LogP contribution in [0.3, 0.4) is 0 Å². The molecule has 0 spiro atoms. The summed E-state index contributed by atoms with van der Waals surface area (Å²) in [5.41, 5.74) is 1.31. The van der Waals surface area contributed by atoms with Crippen LogP contribution in [0.15, 0.2) is 42.5 Å². The van der Waals surface area contributed by atoms with Crippen LogP contribution in [-0.2, 0) is 21.7 Å². The van der Waals surface area contributed by atoms with Gasteiger partial charge in [0.25, 0.3) is 5.91 Å². The Balaban J connectivity index is 1.64. The van der Waals surface area contributed by atoms with Crippen LogP contribution in [0.1, 0.15) is 23.6 Å². The van der Waals surface area contributed by atoms with Gasteiger partial charge < -0.3 is 20.1 Å². The summed E-state index contributed by atoms with van der Waals surface area (Å²) in [5.74, 6) is 0.230. The Kier molecular flexibility index (Phi) is 5.96. The molecular weight excluding hydrogens is 386 g/mol. The summed E-state index contributed by atoms with van der Waals surface area (Å²) >= 11 is 0. The minimum absolute atomic E-state index is 0.220. The van der Waals surface area contributed by atoms with E-state index in [0.29, 0.717) is 17.1 Å². The topological polar surface area (TPSA) is 97.0 Å². The minimum Gasteiger partial charge on any atom is -0.493 e. The predicted molar refractivity (Wildman–Crippen MR) is 110 cm³/mol. The number of imide groups is 1. The lowest BCUT2D eigenvalue weighted by Gasteiger charge is -2.22. The number of ether oxygens (including phenoxy) is 2. The number of amides is 4. The van der Waals surface area contributed by atoms with Crippen LogP contribution in [0.25, 0.3) is 0 Å². The zero-order valence-electron chi connectivity index (χ0n) is 17.4. The summed E-state index contributed by atoms with van der Waals surface area (Å²) in [6.45, 7) is 3.44. The Bertz CT molecular complexity index is 973. The molecule has 3 rings (SSSR count). The Morgan fingerprint density at radius 3 is 2.37 bits per heavy atom. The highest BCUT2D eigenvalue weighted by Crippen LogP contribution is 2.29. The zero-order valence-corrected chi connectivity index (χ0v) is 17.4. The predicted octanol–water partition coefficient (Wildman–Crippen LogP) is 2.10. The lowest BCUT2D eigenvalue weighted by Crippen LogP contribution is -2.43. The first-order chi connectivity index (χ1) is 14.3. The Labute approximate surface area is 175 Å². The highest BCUT2D eigenvalue weighted by atomic mass is 16.5. The monoisotopic (exact) mass is 411 g/mol. The van der Waals surface area contributed by atoms with Gasteiger partial charge in [-0.2, -0.15) is 0 Å². The highest BCUT2D eigenvalue weighted by Gasteiger charge is 2.49. The number of hydrogen-bond donors (Lipinski definition) is 2. The maximum Gasteiger partial charge on any atom is 0.325 e. The normalized spacial score (nSPS) is 18.2. The molecule has 30 heavy (non-hydrogen) atoms. The number of hydrogen-bond acceptors (Lipinski definition) is 5. The molecule has 1 atom stereocenters. The molecule has 1 aliphatic heterocycles. The average Bonchev–Trinajstić information content (AvgIpc) is 2.96. The quantitative estimate of drug-likeness (QED) is 0.680. The van der Waals surface area contributed by atoms with Crippen molar-refractivity contribution < 1.29 is 23.9 Å². The zero-order chi connectivity index (χ0) is 21.9. The summed E-state index contributed by atoms with van der Waals surface area (Å²) in [5, 5.41) is 5.42. The van der Waals surface area contributed by atoms with Gasteiger partial charge in [0.2, 0.25) is 5.91 Å². The number of nitrogens with one attached hydrogen (secondary N) is 2. The summed E-state index contributed by atoms with van der Waals surface area (Å²) in [7, 11) is 3.07. The molecule has 0 saturated carbocycles. The number of carbonyl (C=O) groups is 3. The third kappa shape index (κ3) is 4.07. The molecule has 0 aromatic heterocycles. The summed E-state index contributed by atoms with van der Waals surface area (Å²) < 4.78 is 10.4. The van der Waals surface area contributed by atoms with Crippen molar-refractivity contribution in [1.29, 1.82) is 0 Å². The van der Waals surface area contributed by atoms with Gasteiger partial charge in [0.1, 0.15) is 12.1 Å². The SMILES string of the molecule is COc1ccc(CNC(=O)CN2C(=O)N[C@](C)(c3ccc(C)cc3)C2=O)cc1OC. The van der Waals surface area contributed by atoms with E-state index in [1.54, 1.807) is 44.4 Å². The van der Waals surface area contributed by atoms with Crippen LogP contribution in [0.4, 0.5) is 4.79 Å². The van der Waals surface area contributed by atoms with E-state index < -0.39 is 23.4 Å². The molecule has 0 radical (unpaired) electrons. The Morgan fingerprint density at radius 1 is 1.07 bits per heavy atom. The van der Waals surface area contributed by atoms with E-state index in [9.17, 15) is 14.4 Å². The van der Waals surface area contributed by atoms with Crippen molar-refractivity contribution in [3.8, 4) is 11.5 Å². The first-order valence-electron chi connectivity index (χ1n) is 9.47. The molecule has 1 fully saturated rings. The van der Waals surface area contributed by atoms with Crippen LogP contribution in [0.2, 0.25) is 0 Å². The van der Waals surface area contributed by atoms with E-state index in [1.807, 2.05) is 19.1 Å². The molecule has 158 valence electrons. The van der Waals surface area contributed by atoms with Crippen molar-refractivity contribution in [3.05, 3.63) is 59.2 Å². The van der Waals surface area contributed by atoms with E-state index in [-0.39, 0.29) is 13.1 Å². The number of rotatable bonds is 7. The van der Waals surface area contributed by atoms with E-state index in [2.05, 4.69) is 10.6 Å². The standard InChI is InChI=1S/C22H25N3O5/c1-14-5-8-16(9-6-14)22(2)20(27)25(21(28)24-22)13-19(26)23-12-15-7-10-17(29-3)18(11-15)30-4/h5-11H,12-13H2,1-4H3,(H,23,26)(H,24,28)/t22-/m1/s1. The van der Waals surface area contributed by atoms with Gasteiger partial charge in [-0.1, -0.05) is 35.9 Å². The molecular formula is C22H25N3O5. The van der Waals surface area contributed by atoms with Crippen molar-refractivity contribution in [2.75, 3.05) is 20.8 Å². The molecule has 0 unspecified atom stereocenters. The summed E-state index contributed by atoms with van der Waals surface area (Å²) in [4.78, 5) is 38.6. The van der Waals surface area contributed by atoms with Gasteiger partial charge in [-0.25, -0.2) is 4.79 Å². The van der Waals surface area contributed by atoms with Gasteiger partial charge in [0.05, 0.1) is 14.2 Å². The van der Waals surface area contributed by atoms with Crippen LogP contribution >= 0.6 is 0 Å². The largest absolute Gasteiger partial charge is 0.493 e. The number of methoxy groups -OCH3 is 2. The third-order valence-corrected chi connectivity index (χ3v) is 5.14. The number of aryl methyl sites for hydroxylation is 1. The lowest BCUT2D eigenvalue weighted by molar-refractivity contribution is -0.134. The maximum atomic E-state index is 12.9. The summed E-state index contributed by atoms with van der Waals surface area (Å²) in [6.07, 6.45) is 0. The molecule has 0 aliphatic carbocycles. The minimum atomic E-state index is -1.20. The second-order valence-electron chi connectivity index (χ2n) is 7.28. The van der Waals surface area contributed by atoms with Gasteiger partial charge in [-0.05, 0) is 37.1 Å². The number of nitrogens with zero attached hydrogens (tertiary/aromatic N) is 1. The fourth-order valence-electron chi connectivity index (χ4n) is 3.31. The molecule has 1 aliphatic rings. The molecule has 1 heterocycles. The van der Waals surface area contributed by atoms with E-state index in [0.717, 1.165) is 16.0 Å². The molecule has 2 aromatic carbocycles. The smallest absolute Gasteiger partial charge is 0.325 e. The van der Waals surface area contributed by atoms with Gasteiger partial charge in [0, 0.05) is 6.54 Å². The fourth-order valence-corrected chi connectivity index (χ4v) is 3.31. The van der Waals surface area contributed by atoms with Crippen molar-refractivity contribution >= 4 is 17.8 Å². The molecule has 2 N–H and O–H groups in total. The van der Waals surface area contributed by atoms with Crippen molar-refractivity contribution in [2.24, 2.45) is 0 Å². The number of carbonyl (C=O) groups excluding carboxylic acids is 3. The second kappa shape index (κ2) is 8.44. The van der Waals surface area contributed by atoms with Crippen LogP contribution < -0.4 is 20.1 Å². The second-order valence-corrected chi connectivity index (χ2v) is 7.28. The molecule has 1 saturated heterocycles.